The van der Waals surface area contributed by atoms with E-state index in [-0.39, 0.29) is 5.91 Å². The van der Waals surface area contributed by atoms with Crippen molar-refractivity contribution in [2.45, 2.75) is 32.8 Å². The van der Waals surface area contributed by atoms with E-state index in [1.807, 2.05) is 12.1 Å². The van der Waals surface area contributed by atoms with Crippen molar-refractivity contribution in [2.24, 2.45) is 5.10 Å². The van der Waals surface area contributed by atoms with Gasteiger partial charge in [0.15, 0.2) is 6.10 Å². The van der Waals surface area contributed by atoms with Crippen LogP contribution in [0.2, 0.25) is 0 Å². The summed E-state index contributed by atoms with van der Waals surface area (Å²) >= 11 is 3.35. The largest absolute Gasteiger partial charge is 0.494 e. The van der Waals surface area contributed by atoms with Crippen molar-refractivity contribution in [1.82, 2.24) is 5.43 Å². The molecular formula is C27H27BrN2O5. The summed E-state index contributed by atoms with van der Waals surface area (Å²) in [5.41, 5.74) is 3.61. The maximum Gasteiger partial charge on any atom is 0.343 e. The molecule has 3 rings (SSSR count). The van der Waals surface area contributed by atoms with Gasteiger partial charge in [-0.2, -0.15) is 5.10 Å². The summed E-state index contributed by atoms with van der Waals surface area (Å²) in [6.07, 6.45) is 2.82. The average Bonchev–Trinajstić information content (AvgIpc) is 2.87. The van der Waals surface area contributed by atoms with E-state index in [1.54, 1.807) is 67.6 Å². The Morgan fingerprint density at radius 1 is 0.943 bits per heavy atom. The molecule has 1 N–H and O–H groups in total. The van der Waals surface area contributed by atoms with Crippen LogP contribution in [0.25, 0.3) is 0 Å². The number of ether oxygens (including phenoxy) is 3. The molecule has 0 saturated carbocycles. The lowest BCUT2D eigenvalue weighted by Crippen LogP contribution is -2.33. The molecule has 0 aliphatic carbocycles. The monoisotopic (exact) mass is 538 g/mol. The van der Waals surface area contributed by atoms with Gasteiger partial charge in [0.25, 0.3) is 5.91 Å². The molecule has 0 radical (unpaired) electrons. The zero-order chi connectivity index (χ0) is 25.0. The predicted octanol–water partition coefficient (Wildman–Crippen LogP) is 5.76. The highest BCUT2D eigenvalue weighted by atomic mass is 79.9. The Kier molecular flexibility index (Phi) is 9.86. The van der Waals surface area contributed by atoms with Crippen LogP contribution in [-0.4, -0.2) is 30.8 Å². The van der Waals surface area contributed by atoms with Gasteiger partial charge in [-0.25, -0.2) is 10.2 Å². The van der Waals surface area contributed by atoms with E-state index < -0.39 is 12.1 Å². The van der Waals surface area contributed by atoms with Gasteiger partial charge in [-0.1, -0.05) is 29.3 Å². The van der Waals surface area contributed by atoms with Crippen molar-refractivity contribution < 1.29 is 23.8 Å². The van der Waals surface area contributed by atoms with E-state index in [0.717, 1.165) is 28.6 Å². The third-order valence-electron chi connectivity index (χ3n) is 4.83. The molecular weight excluding hydrogens is 512 g/mol. The van der Waals surface area contributed by atoms with Gasteiger partial charge in [-0.3, -0.25) is 4.79 Å². The zero-order valence-corrected chi connectivity index (χ0v) is 21.2. The van der Waals surface area contributed by atoms with Crippen LogP contribution in [0, 0.1) is 0 Å². The van der Waals surface area contributed by atoms with Gasteiger partial charge >= 0.3 is 5.97 Å². The molecule has 3 aromatic rings. The van der Waals surface area contributed by atoms with Gasteiger partial charge in [-0.05, 0) is 91.7 Å². The molecule has 0 aromatic heterocycles. The van der Waals surface area contributed by atoms with Crippen LogP contribution in [0.15, 0.2) is 82.4 Å². The van der Waals surface area contributed by atoms with Crippen LogP contribution in [0.5, 0.6) is 17.2 Å². The number of carbonyl (C=O) groups is 2. The molecule has 0 bridgehead atoms. The number of esters is 1. The number of hydrazone groups is 1. The molecule has 0 aliphatic rings. The Balaban J connectivity index is 1.46. The van der Waals surface area contributed by atoms with Crippen LogP contribution in [0.4, 0.5) is 0 Å². The number of hydrogen-bond donors (Lipinski definition) is 1. The number of nitrogens with zero attached hydrogens (tertiary/aromatic N) is 1. The van der Waals surface area contributed by atoms with Crippen LogP contribution >= 0.6 is 15.9 Å². The van der Waals surface area contributed by atoms with Gasteiger partial charge in [-0.15, -0.1) is 0 Å². The smallest absolute Gasteiger partial charge is 0.343 e. The first kappa shape index (κ1) is 26.0. The Hall–Kier alpha value is -3.65. The fourth-order valence-corrected chi connectivity index (χ4v) is 3.11. The third-order valence-corrected chi connectivity index (χ3v) is 5.36. The molecule has 8 heteroatoms. The highest BCUT2D eigenvalue weighted by Crippen LogP contribution is 2.18. The summed E-state index contributed by atoms with van der Waals surface area (Å²) in [7, 11) is 0. The quantitative estimate of drug-likeness (QED) is 0.110. The lowest BCUT2D eigenvalue weighted by atomic mass is 10.2. The summed E-state index contributed by atoms with van der Waals surface area (Å²) in [6, 6.07) is 20.8. The van der Waals surface area contributed by atoms with Crippen LogP contribution < -0.4 is 19.6 Å². The molecule has 182 valence electrons. The molecule has 7 nitrogen and oxygen atoms in total. The Labute approximate surface area is 213 Å². The van der Waals surface area contributed by atoms with Gasteiger partial charge in [0, 0.05) is 4.47 Å². The Morgan fingerprint density at radius 2 is 1.57 bits per heavy atom. The van der Waals surface area contributed by atoms with Crippen molar-refractivity contribution in [3.8, 4) is 17.2 Å². The number of unbranched alkanes of at least 4 members (excludes halogenated alkanes) is 1. The second-order valence-electron chi connectivity index (χ2n) is 7.63. The minimum atomic E-state index is -0.716. The molecule has 1 atom stereocenters. The number of halogens is 1. The van der Waals surface area contributed by atoms with Gasteiger partial charge < -0.3 is 14.2 Å². The van der Waals surface area contributed by atoms with Crippen molar-refractivity contribution in [1.29, 1.82) is 0 Å². The number of benzene rings is 3. The van der Waals surface area contributed by atoms with E-state index in [0.29, 0.717) is 23.7 Å². The summed E-state index contributed by atoms with van der Waals surface area (Å²) in [5.74, 6) is 0.868. The summed E-state index contributed by atoms with van der Waals surface area (Å²) in [4.78, 5) is 24.6. The van der Waals surface area contributed by atoms with Crippen molar-refractivity contribution >= 4 is 34.0 Å². The third kappa shape index (κ3) is 8.57. The second kappa shape index (κ2) is 13.3. The number of hydrogen-bond acceptors (Lipinski definition) is 6. The van der Waals surface area contributed by atoms with E-state index in [9.17, 15) is 9.59 Å². The molecule has 0 saturated heterocycles. The van der Waals surface area contributed by atoms with E-state index >= 15 is 0 Å². The maximum absolute atomic E-state index is 12.4. The minimum Gasteiger partial charge on any atom is -0.494 e. The fraction of sp³-hybridized carbons (Fsp3) is 0.222. The lowest BCUT2D eigenvalue weighted by Gasteiger charge is -2.12. The molecule has 0 fully saturated rings. The topological polar surface area (TPSA) is 86.2 Å². The first-order valence-electron chi connectivity index (χ1n) is 11.2. The number of amides is 1. The molecule has 0 aliphatic heterocycles. The normalized spacial score (nSPS) is 11.6. The zero-order valence-electron chi connectivity index (χ0n) is 19.6. The van der Waals surface area contributed by atoms with Crippen molar-refractivity contribution in [3.05, 3.63) is 88.4 Å². The standard InChI is InChI=1S/C27H27BrN2O5/c1-3-4-17-33-23-13-7-21(8-14-23)27(32)35-25-11-5-20(6-12-25)18-29-30-26(31)19(2)34-24-15-9-22(28)10-16-24/h5-16,18-19H,3-4,17H2,1-2H3,(H,30,31)/b29-18+. The first-order valence-corrected chi connectivity index (χ1v) is 12.0. The summed E-state index contributed by atoms with van der Waals surface area (Å²) in [5, 5.41) is 3.96. The average molecular weight is 539 g/mol. The lowest BCUT2D eigenvalue weighted by molar-refractivity contribution is -0.127. The highest BCUT2D eigenvalue weighted by molar-refractivity contribution is 9.10. The Morgan fingerprint density at radius 3 is 2.23 bits per heavy atom. The minimum absolute atomic E-state index is 0.378. The SMILES string of the molecule is CCCCOc1ccc(C(=O)Oc2ccc(/C=N/NC(=O)C(C)Oc3ccc(Br)cc3)cc2)cc1. The highest BCUT2D eigenvalue weighted by Gasteiger charge is 2.14. The summed E-state index contributed by atoms with van der Waals surface area (Å²) < 4.78 is 17.5. The van der Waals surface area contributed by atoms with Crippen LogP contribution in [0.3, 0.4) is 0 Å². The van der Waals surface area contributed by atoms with Gasteiger partial charge in [0.1, 0.15) is 17.2 Å². The number of rotatable bonds is 11. The second-order valence-corrected chi connectivity index (χ2v) is 8.55. The predicted molar refractivity (Wildman–Crippen MR) is 138 cm³/mol. The van der Waals surface area contributed by atoms with Gasteiger partial charge in [0.05, 0.1) is 18.4 Å². The van der Waals surface area contributed by atoms with Crippen molar-refractivity contribution in [3.63, 3.8) is 0 Å². The van der Waals surface area contributed by atoms with E-state index in [1.165, 1.54) is 6.21 Å². The summed E-state index contributed by atoms with van der Waals surface area (Å²) in [6.45, 7) is 4.39. The van der Waals surface area contributed by atoms with Crippen molar-refractivity contribution in [2.75, 3.05) is 6.61 Å². The van der Waals surface area contributed by atoms with E-state index in [2.05, 4.69) is 33.4 Å². The van der Waals surface area contributed by atoms with Crippen LogP contribution in [0.1, 0.15) is 42.6 Å². The maximum atomic E-state index is 12.4. The Bertz CT molecular complexity index is 1130. The number of nitrogens with one attached hydrogen (secondary N) is 1. The van der Waals surface area contributed by atoms with E-state index in [4.69, 9.17) is 14.2 Å². The molecule has 35 heavy (non-hydrogen) atoms. The van der Waals surface area contributed by atoms with Crippen LogP contribution in [-0.2, 0) is 4.79 Å². The fourth-order valence-electron chi connectivity index (χ4n) is 2.84. The molecule has 3 aromatic carbocycles. The number of carbonyl (C=O) groups excluding carboxylic acids is 2. The molecule has 1 unspecified atom stereocenters. The molecule has 0 heterocycles. The molecule has 1 amide bonds. The molecule has 0 spiro atoms. The first-order chi connectivity index (χ1) is 16.9. The van der Waals surface area contributed by atoms with Gasteiger partial charge in [0.2, 0.25) is 0 Å².